The van der Waals surface area contributed by atoms with Gasteiger partial charge in [-0.05, 0) is 51.1 Å². The number of rotatable bonds is 4. The standard InChI is InChI=1S/C16H18F4N4O2.ClH/c1-9(15(17)4-6-21-7-5-15)22-12-8-10(13-23-24-14(25)26-13)2-3-11(12)16(18,19)20;/h2-3,8-9,21-22H,4-7H2,1H3,(H,24,25);1H. The fourth-order valence-electron chi connectivity index (χ4n) is 3.04. The molecule has 1 atom stereocenters. The van der Waals surface area contributed by atoms with Gasteiger partial charge in [0.15, 0.2) is 0 Å². The fraction of sp³-hybridized carbons (Fsp3) is 0.500. The summed E-state index contributed by atoms with van der Waals surface area (Å²) in [5.41, 5.74) is -2.67. The van der Waals surface area contributed by atoms with Gasteiger partial charge in [-0.3, -0.25) is 0 Å². The van der Waals surface area contributed by atoms with Gasteiger partial charge in [0, 0.05) is 11.3 Å². The molecule has 2 aromatic rings. The molecular weight excluding hydrogens is 392 g/mol. The molecule has 1 unspecified atom stereocenters. The molecule has 1 aliphatic heterocycles. The summed E-state index contributed by atoms with van der Waals surface area (Å²) in [6.07, 6.45) is -4.21. The van der Waals surface area contributed by atoms with Gasteiger partial charge in [0.1, 0.15) is 5.67 Å². The van der Waals surface area contributed by atoms with Crippen LogP contribution in [0.4, 0.5) is 23.2 Å². The minimum atomic E-state index is -4.62. The summed E-state index contributed by atoms with van der Waals surface area (Å²) in [5, 5.41) is 11.3. The minimum Gasteiger partial charge on any atom is -0.388 e. The first kappa shape index (κ1) is 21.2. The summed E-state index contributed by atoms with van der Waals surface area (Å²) in [5.74, 6) is -0.962. The van der Waals surface area contributed by atoms with E-state index < -0.39 is 29.2 Å². The highest BCUT2D eigenvalue weighted by Crippen LogP contribution is 2.38. The molecule has 1 aromatic heterocycles. The van der Waals surface area contributed by atoms with Gasteiger partial charge in [0.2, 0.25) is 5.89 Å². The topological polar surface area (TPSA) is 83.0 Å². The Morgan fingerprint density at radius 3 is 2.52 bits per heavy atom. The van der Waals surface area contributed by atoms with E-state index in [4.69, 9.17) is 4.42 Å². The number of halogens is 5. The predicted molar refractivity (Wildman–Crippen MR) is 93.8 cm³/mol. The molecule has 0 aliphatic carbocycles. The van der Waals surface area contributed by atoms with Crippen molar-refractivity contribution < 1.29 is 22.0 Å². The first-order valence-corrected chi connectivity index (χ1v) is 8.12. The van der Waals surface area contributed by atoms with Crippen molar-refractivity contribution in [3.05, 3.63) is 34.3 Å². The number of hydrogen-bond acceptors (Lipinski definition) is 5. The first-order valence-electron chi connectivity index (χ1n) is 8.12. The van der Waals surface area contributed by atoms with Gasteiger partial charge in [0.05, 0.1) is 11.6 Å². The fourth-order valence-corrected chi connectivity index (χ4v) is 3.04. The second-order valence-corrected chi connectivity index (χ2v) is 6.33. The molecule has 2 heterocycles. The van der Waals surface area contributed by atoms with E-state index in [1.54, 1.807) is 0 Å². The second kappa shape index (κ2) is 7.89. The van der Waals surface area contributed by atoms with Crippen molar-refractivity contribution in [1.82, 2.24) is 15.5 Å². The zero-order chi connectivity index (χ0) is 18.9. The lowest BCUT2D eigenvalue weighted by Crippen LogP contribution is -2.48. The average molecular weight is 411 g/mol. The Hall–Kier alpha value is -2.07. The maximum Gasteiger partial charge on any atom is 0.434 e. The van der Waals surface area contributed by atoms with Gasteiger partial charge in [-0.25, -0.2) is 14.3 Å². The van der Waals surface area contributed by atoms with Gasteiger partial charge in [0.25, 0.3) is 0 Å². The number of hydrogen-bond donors (Lipinski definition) is 3. The number of benzene rings is 1. The first-order chi connectivity index (χ1) is 12.2. The van der Waals surface area contributed by atoms with E-state index in [0.717, 1.165) is 18.2 Å². The van der Waals surface area contributed by atoms with Crippen LogP contribution in [0.1, 0.15) is 25.3 Å². The van der Waals surface area contributed by atoms with E-state index in [-0.39, 0.29) is 42.4 Å². The Kier molecular flexibility index (Phi) is 6.21. The lowest BCUT2D eigenvalue weighted by atomic mass is 9.87. The zero-order valence-electron chi connectivity index (χ0n) is 14.3. The lowest BCUT2D eigenvalue weighted by molar-refractivity contribution is -0.137. The number of anilines is 1. The Balaban J connectivity index is 0.00000261. The van der Waals surface area contributed by atoms with E-state index in [1.807, 2.05) is 5.10 Å². The van der Waals surface area contributed by atoms with Crippen molar-refractivity contribution in [3.63, 3.8) is 0 Å². The maximum atomic E-state index is 15.0. The molecule has 0 spiro atoms. The predicted octanol–water partition coefficient (Wildman–Crippen LogP) is 3.36. The van der Waals surface area contributed by atoms with Gasteiger partial charge in [-0.2, -0.15) is 13.2 Å². The van der Waals surface area contributed by atoms with Crippen molar-refractivity contribution in [2.75, 3.05) is 18.4 Å². The molecule has 150 valence electrons. The number of piperidine rings is 1. The molecule has 0 bridgehead atoms. The van der Waals surface area contributed by atoms with Crippen LogP contribution in [0.3, 0.4) is 0 Å². The molecule has 6 nitrogen and oxygen atoms in total. The summed E-state index contributed by atoms with van der Waals surface area (Å²) >= 11 is 0. The third-order valence-corrected chi connectivity index (χ3v) is 4.59. The zero-order valence-corrected chi connectivity index (χ0v) is 15.1. The average Bonchev–Trinajstić information content (AvgIpc) is 3.01. The number of alkyl halides is 4. The highest BCUT2D eigenvalue weighted by atomic mass is 35.5. The molecule has 0 saturated carbocycles. The summed E-state index contributed by atoms with van der Waals surface area (Å²) in [6.45, 7) is 2.45. The van der Waals surface area contributed by atoms with E-state index in [0.29, 0.717) is 13.1 Å². The van der Waals surface area contributed by atoms with E-state index in [9.17, 15) is 18.0 Å². The molecule has 11 heteroatoms. The number of aromatic nitrogens is 2. The minimum absolute atomic E-state index is 0. The third-order valence-electron chi connectivity index (χ3n) is 4.59. The monoisotopic (exact) mass is 410 g/mol. The van der Waals surface area contributed by atoms with Crippen LogP contribution in [-0.4, -0.2) is 35.0 Å². The number of nitrogens with one attached hydrogen (secondary N) is 3. The smallest absolute Gasteiger partial charge is 0.388 e. The van der Waals surface area contributed by atoms with E-state index in [1.165, 1.54) is 6.92 Å². The molecular formula is C16H19ClF4N4O2. The molecule has 0 amide bonds. The molecule has 3 rings (SSSR count). The quantitative estimate of drug-likeness (QED) is 0.673. The van der Waals surface area contributed by atoms with Crippen molar-refractivity contribution >= 4 is 18.1 Å². The van der Waals surface area contributed by atoms with Crippen LogP contribution in [-0.2, 0) is 6.18 Å². The van der Waals surface area contributed by atoms with Crippen molar-refractivity contribution in [2.24, 2.45) is 0 Å². The van der Waals surface area contributed by atoms with Gasteiger partial charge >= 0.3 is 11.9 Å². The summed E-state index contributed by atoms with van der Waals surface area (Å²) in [7, 11) is 0. The van der Waals surface area contributed by atoms with Gasteiger partial charge < -0.3 is 15.1 Å². The Bertz CT molecular complexity index is 830. The highest BCUT2D eigenvalue weighted by Gasteiger charge is 2.40. The van der Waals surface area contributed by atoms with Crippen LogP contribution in [0.2, 0.25) is 0 Å². The van der Waals surface area contributed by atoms with Crippen molar-refractivity contribution in [1.29, 1.82) is 0 Å². The number of H-pyrrole nitrogens is 1. The summed E-state index contributed by atoms with van der Waals surface area (Å²) < 4.78 is 59.8. The number of nitrogens with zero attached hydrogens (tertiary/aromatic N) is 1. The molecule has 1 fully saturated rings. The molecule has 1 saturated heterocycles. The lowest BCUT2D eigenvalue weighted by Gasteiger charge is -2.36. The van der Waals surface area contributed by atoms with Gasteiger partial charge in [-0.15, -0.1) is 17.5 Å². The molecule has 1 aliphatic rings. The van der Waals surface area contributed by atoms with Gasteiger partial charge in [-0.1, -0.05) is 0 Å². The van der Waals surface area contributed by atoms with Crippen LogP contribution in [0.15, 0.2) is 27.4 Å². The summed E-state index contributed by atoms with van der Waals surface area (Å²) in [4.78, 5) is 11.1. The highest BCUT2D eigenvalue weighted by molar-refractivity contribution is 5.85. The summed E-state index contributed by atoms with van der Waals surface area (Å²) in [6, 6.07) is 2.31. The van der Waals surface area contributed by atoms with Crippen LogP contribution in [0.5, 0.6) is 0 Å². The van der Waals surface area contributed by atoms with Crippen molar-refractivity contribution in [2.45, 2.75) is 37.7 Å². The maximum absolute atomic E-state index is 15.0. The van der Waals surface area contributed by atoms with E-state index in [2.05, 4.69) is 15.7 Å². The Labute approximate surface area is 158 Å². The van der Waals surface area contributed by atoms with Crippen LogP contribution in [0.25, 0.3) is 11.5 Å². The molecule has 3 N–H and O–H groups in total. The molecule has 27 heavy (non-hydrogen) atoms. The normalized spacial score (nSPS) is 17.8. The Morgan fingerprint density at radius 1 is 1.30 bits per heavy atom. The third kappa shape index (κ3) is 4.62. The van der Waals surface area contributed by atoms with Crippen molar-refractivity contribution in [3.8, 4) is 11.5 Å². The molecule has 0 radical (unpaired) electrons. The largest absolute Gasteiger partial charge is 0.434 e. The molecule has 1 aromatic carbocycles. The number of aromatic amines is 1. The second-order valence-electron chi connectivity index (χ2n) is 6.33. The van der Waals surface area contributed by atoms with Crippen LogP contribution in [0, 0.1) is 0 Å². The Morgan fingerprint density at radius 2 is 1.96 bits per heavy atom. The van der Waals surface area contributed by atoms with E-state index >= 15 is 4.39 Å². The van der Waals surface area contributed by atoms with Crippen LogP contribution < -0.4 is 16.4 Å². The SMILES string of the molecule is CC(Nc1cc(-c2n[nH]c(=O)o2)ccc1C(F)(F)F)C1(F)CCNCC1.Cl. The van der Waals surface area contributed by atoms with Crippen LogP contribution >= 0.6 is 12.4 Å².